The first-order chi connectivity index (χ1) is 12.6. The molecule has 0 unspecified atom stereocenters. The van der Waals surface area contributed by atoms with Gasteiger partial charge in [-0.1, -0.05) is 19.8 Å². The molecule has 5 heteroatoms. The van der Waals surface area contributed by atoms with Gasteiger partial charge in [-0.15, -0.1) is 0 Å². The highest BCUT2D eigenvalue weighted by atomic mass is 16.5. The van der Waals surface area contributed by atoms with Crippen LogP contribution in [0.5, 0.6) is 5.75 Å². The van der Waals surface area contributed by atoms with Crippen LogP contribution in [0, 0.1) is 11.8 Å². The van der Waals surface area contributed by atoms with Crippen LogP contribution < -0.4 is 10.1 Å². The van der Waals surface area contributed by atoms with E-state index in [1.165, 1.54) is 44.1 Å². The second-order valence-corrected chi connectivity index (χ2v) is 8.54. The van der Waals surface area contributed by atoms with Crippen molar-refractivity contribution < 1.29 is 14.6 Å². The van der Waals surface area contributed by atoms with Crippen molar-refractivity contribution in [1.29, 1.82) is 0 Å². The first-order valence-corrected chi connectivity index (χ1v) is 10.2. The highest BCUT2D eigenvalue weighted by molar-refractivity contribution is 5.95. The standard InChI is InChI=1S/C21H30N2O3/c1-2-21(13-24,10-14-3-4-14)23-20(25)19-18(26-12-15-5-6-15)9-17(11-22-19)16-7-8-16/h9,11,14-16,24H,2-8,10,12-13H2,1H3,(H,23,25)/t21-/m0/s1. The van der Waals surface area contributed by atoms with E-state index in [-0.39, 0.29) is 12.5 Å². The fraction of sp³-hybridized carbons (Fsp3) is 0.714. The summed E-state index contributed by atoms with van der Waals surface area (Å²) in [7, 11) is 0. The molecule has 0 bridgehead atoms. The summed E-state index contributed by atoms with van der Waals surface area (Å²) in [5.74, 6) is 2.20. The molecule has 3 aliphatic rings. The summed E-state index contributed by atoms with van der Waals surface area (Å²) in [5.41, 5.74) is 0.981. The van der Waals surface area contributed by atoms with Crippen LogP contribution in [0.2, 0.25) is 0 Å². The van der Waals surface area contributed by atoms with Gasteiger partial charge in [0, 0.05) is 6.20 Å². The summed E-state index contributed by atoms with van der Waals surface area (Å²) in [5, 5.41) is 13.1. The molecule has 142 valence electrons. The minimum absolute atomic E-state index is 0.0375. The summed E-state index contributed by atoms with van der Waals surface area (Å²) in [4.78, 5) is 17.5. The zero-order valence-electron chi connectivity index (χ0n) is 15.7. The Morgan fingerprint density at radius 1 is 1.27 bits per heavy atom. The Morgan fingerprint density at radius 3 is 2.58 bits per heavy atom. The number of nitrogens with one attached hydrogen (secondary N) is 1. The number of pyridine rings is 1. The van der Waals surface area contributed by atoms with Crippen molar-refractivity contribution in [2.45, 2.75) is 69.7 Å². The van der Waals surface area contributed by atoms with Gasteiger partial charge in [-0.2, -0.15) is 0 Å². The van der Waals surface area contributed by atoms with Gasteiger partial charge in [0.2, 0.25) is 0 Å². The van der Waals surface area contributed by atoms with Crippen LogP contribution in [-0.4, -0.2) is 34.8 Å². The molecule has 0 aromatic carbocycles. The van der Waals surface area contributed by atoms with E-state index in [2.05, 4.69) is 10.3 Å². The van der Waals surface area contributed by atoms with E-state index in [1.54, 1.807) is 0 Å². The van der Waals surface area contributed by atoms with E-state index in [0.717, 1.165) is 6.42 Å². The molecule has 1 amide bonds. The lowest BCUT2D eigenvalue weighted by Gasteiger charge is -2.32. The Bertz CT molecular complexity index is 659. The number of aliphatic hydroxyl groups is 1. The number of nitrogens with zero attached hydrogens (tertiary/aromatic N) is 1. The number of carbonyl (C=O) groups excluding carboxylic acids is 1. The van der Waals surface area contributed by atoms with Gasteiger partial charge in [0.05, 0.1) is 18.8 Å². The zero-order valence-corrected chi connectivity index (χ0v) is 15.7. The third-order valence-corrected chi connectivity index (χ3v) is 6.04. The van der Waals surface area contributed by atoms with Gasteiger partial charge >= 0.3 is 0 Å². The van der Waals surface area contributed by atoms with Crippen LogP contribution in [-0.2, 0) is 0 Å². The fourth-order valence-corrected chi connectivity index (χ4v) is 3.55. The fourth-order valence-electron chi connectivity index (χ4n) is 3.55. The molecule has 3 fully saturated rings. The molecule has 5 nitrogen and oxygen atoms in total. The van der Waals surface area contributed by atoms with Crippen molar-refractivity contribution in [2.75, 3.05) is 13.2 Å². The number of ether oxygens (including phenoxy) is 1. The molecule has 3 saturated carbocycles. The second kappa shape index (κ2) is 7.18. The van der Waals surface area contributed by atoms with Gasteiger partial charge in [0.25, 0.3) is 5.91 Å². The second-order valence-electron chi connectivity index (χ2n) is 8.54. The Kier molecular flexibility index (Phi) is 4.91. The molecule has 0 radical (unpaired) electrons. The lowest BCUT2D eigenvalue weighted by atomic mass is 9.90. The van der Waals surface area contributed by atoms with E-state index in [1.807, 2.05) is 19.2 Å². The average Bonchev–Trinajstić information content (AvgIpc) is 3.48. The number of hydrogen-bond acceptors (Lipinski definition) is 4. The average molecular weight is 358 g/mol. The summed E-state index contributed by atoms with van der Waals surface area (Å²) in [6.45, 7) is 2.65. The summed E-state index contributed by atoms with van der Waals surface area (Å²) < 4.78 is 5.99. The minimum atomic E-state index is -0.553. The van der Waals surface area contributed by atoms with Gasteiger partial charge in [-0.25, -0.2) is 4.98 Å². The Hall–Kier alpha value is -1.62. The first-order valence-electron chi connectivity index (χ1n) is 10.2. The zero-order chi connectivity index (χ0) is 18.1. The van der Waals surface area contributed by atoms with E-state index in [4.69, 9.17) is 4.74 Å². The number of rotatable bonds is 10. The van der Waals surface area contributed by atoms with E-state index < -0.39 is 5.54 Å². The maximum absolute atomic E-state index is 13.0. The van der Waals surface area contributed by atoms with Crippen molar-refractivity contribution in [2.24, 2.45) is 11.8 Å². The summed E-state index contributed by atoms with van der Waals surface area (Å²) in [6, 6.07) is 2.01. The highest BCUT2D eigenvalue weighted by Crippen LogP contribution is 2.42. The maximum Gasteiger partial charge on any atom is 0.274 e. The molecule has 0 saturated heterocycles. The van der Waals surface area contributed by atoms with Crippen LogP contribution in [0.4, 0.5) is 0 Å². The molecule has 1 heterocycles. The normalized spacial score (nSPS) is 21.9. The number of aliphatic hydroxyl groups excluding tert-OH is 1. The van der Waals surface area contributed by atoms with Crippen LogP contribution in [0.15, 0.2) is 12.3 Å². The van der Waals surface area contributed by atoms with Crippen LogP contribution in [0.1, 0.15) is 80.3 Å². The smallest absolute Gasteiger partial charge is 0.274 e. The Morgan fingerprint density at radius 2 is 2.00 bits per heavy atom. The van der Waals surface area contributed by atoms with Crippen molar-refractivity contribution in [3.05, 3.63) is 23.5 Å². The van der Waals surface area contributed by atoms with E-state index in [0.29, 0.717) is 42.2 Å². The molecular formula is C21H30N2O3. The summed E-state index contributed by atoms with van der Waals surface area (Å²) in [6.07, 6.45) is 10.6. The van der Waals surface area contributed by atoms with Gasteiger partial charge < -0.3 is 15.2 Å². The molecule has 4 rings (SSSR count). The largest absolute Gasteiger partial charge is 0.491 e. The van der Waals surface area contributed by atoms with Crippen LogP contribution in [0.3, 0.4) is 0 Å². The minimum Gasteiger partial charge on any atom is -0.491 e. The van der Waals surface area contributed by atoms with E-state index in [9.17, 15) is 9.90 Å². The molecule has 26 heavy (non-hydrogen) atoms. The number of carbonyl (C=O) groups is 1. The third-order valence-electron chi connectivity index (χ3n) is 6.04. The van der Waals surface area contributed by atoms with Crippen LogP contribution in [0.25, 0.3) is 0 Å². The molecule has 0 spiro atoms. The van der Waals surface area contributed by atoms with Gasteiger partial charge in [0.1, 0.15) is 0 Å². The molecular weight excluding hydrogens is 328 g/mol. The van der Waals surface area contributed by atoms with Crippen molar-refractivity contribution in [3.63, 3.8) is 0 Å². The number of aromatic nitrogens is 1. The van der Waals surface area contributed by atoms with Crippen molar-refractivity contribution >= 4 is 5.91 Å². The lowest BCUT2D eigenvalue weighted by Crippen LogP contribution is -2.51. The Labute approximate surface area is 155 Å². The van der Waals surface area contributed by atoms with Gasteiger partial charge in [0.15, 0.2) is 11.4 Å². The molecule has 0 aliphatic heterocycles. The van der Waals surface area contributed by atoms with Gasteiger partial charge in [-0.3, -0.25) is 4.79 Å². The summed E-state index contributed by atoms with van der Waals surface area (Å²) >= 11 is 0. The number of amides is 1. The quantitative estimate of drug-likeness (QED) is 0.672. The SMILES string of the molecule is CC[C@@](CO)(CC1CC1)NC(=O)c1ncc(C2CC2)cc1OCC1CC1. The van der Waals surface area contributed by atoms with Crippen molar-refractivity contribution in [1.82, 2.24) is 10.3 Å². The molecule has 1 aromatic rings. The highest BCUT2D eigenvalue weighted by Gasteiger charge is 2.37. The first kappa shape index (κ1) is 17.8. The lowest BCUT2D eigenvalue weighted by molar-refractivity contribution is 0.0791. The predicted octanol–water partition coefficient (Wildman–Crippen LogP) is 3.42. The predicted molar refractivity (Wildman–Crippen MR) is 99.3 cm³/mol. The topological polar surface area (TPSA) is 71.5 Å². The monoisotopic (exact) mass is 358 g/mol. The van der Waals surface area contributed by atoms with Crippen molar-refractivity contribution in [3.8, 4) is 5.75 Å². The molecule has 1 aromatic heterocycles. The van der Waals surface area contributed by atoms with Gasteiger partial charge in [-0.05, 0) is 67.9 Å². The Balaban J connectivity index is 1.52. The molecule has 2 N–H and O–H groups in total. The molecule has 3 aliphatic carbocycles. The maximum atomic E-state index is 13.0. The van der Waals surface area contributed by atoms with Crippen LogP contribution >= 0.6 is 0 Å². The number of hydrogen-bond donors (Lipinski definition) is 2. The third kappa shape index (κ3) is 4.20. The molecule has 1 atom stereocenters. The van der Waals surface area contributed by atoms with E-state index >= 15 is 0 Å².